The molecule has 1 fully saturated rings. The Morgan fingerprint density at radius 3 is 2.82 bits per heavy atom. The molecule has 0 spiro atoms. The van der Waals surface area contributed by atoms with Crippen molar-refractivity contribution in [3.63, 3.8) is 0 Å². The Morgan fingerprint density at radius 2 is 2.12 bits per heavy atom. The normalized spacial score (nSPS) is 36.1. The van der Waals surface area contributed by atoms with Crippen molar-refractivity contribution in [2.45, 2.75) is 30.3 Å². The summed E-state index contributed by atoms with van der Waals surface area (Å²) in [5, 5.41) is 10.9. The first-order valence-electron chi connectivity index (χ1n) is 6.30. The molecule has 0 radical (unpaired) electrons. The lowest BCUT2D eigenvalue weighted by atomic mass is 9.67. The zero-order valence-corrected chi connectivity index (χ0v) is 9.98. The van der Waals surface area contributed by atoms with E-state index in [1.165, 1.54) is 11.1 Å². The standard InChI is InChI=1S/C14H19NO2/c15-9-13(14(16)7-8-17-10-14)6-5-11-3-1-2-4-12(11)13/h1-4,16H,5-10,15H2. The summed E-state index contributed by atoms with van der Waals surface area (Å²) in [5.41, 5.74) is 7.51. The van der Waals surface area contributed by atoms with Crippen LogP contribution in [0.2, 0.25) is 0 Å². The van der Waals surface area contributed by atoms with Crippen molar-refractivity contribution in [2.24, 2.45) is 5.73 Å². The van der Waals surface area contributed by atoms with Crippen molar-refractivity contribution >= 4 is 0 Å². The van der Waals surface area contributed by atoms with E-state index in [2.05, 4.69) is 18.2 Å². The number of nitrogens with two attached hydrogens (primary N) is 1. The molecule has 3 rings (SSSR count). The van der Waals surface area contributed by atoms with Crippen molar-refractivity contribution < 1.29 is 9.84 Å². The summed E-state index contributed by atoms with van der Waals surface area (Å²) in [5.74, 6) is 0. The molecule has 2 unspecified atom stereocenters. The third-order valence-corrected chi connectivity index (χ3v) is 4.59. The average molecular weight is 233 g/mol. The highest BCUT2D eigenvalue weighted by molar-refractivity contribution is 5.43. The summed E-state index contributed by atoms with van der Waals surface area (Å²) >= 11 is 0. The summed E-state index contributed by atoms with van der Waals surface area (Å²) in [6.07, 6.45) is 2.64. The largest absolute Gasteiger partial charge is 0.386 e. The number of aryl methyl sites for hydroxylation is 1. The number of rotatable bonds is 2. The van der Waals surface area contributed by atoms with Crippen molar-refractivity contribution in [3.05, 3.63) is 35.4 Å². The summed E-state index contributed by atoms with van der Waals surface area (Å²) < 4.78 is 5.41. The smallest absolute Gasteiger partial charge is 0.101 e. The highest BCUT2D eigenvalue weighted by atomic mass is 16.5. The second-order valence-electron chi connectivity index (χ2n) is 5.28. The molecule has 1 aliphatic carbocycles. The highest BCUT2D eigenvalue weighted by Gasteiger charge is 2.55. The fourth-order valence-electron chi connectivity index (χ4n) is 3.50. The third-order valence-electron chi connectivity index (χ3n) is 4.59. The molecule has 0 aromatic heterocycles. The van der Waals surface area contributed by atoms with Gasteiger partial charge in [-0.2, -0.15) is 0 Å². The topological polar surface area (TPSA) is 55.5 Å². The summed E-state index contributed by atoms with van der Waals surface area (Å²) in [6, 6.07) is 8.35. The van der Waals surface area contributed by atoms with Crippen LogP contribution in [0.15, 0.2) is 24.3 Å². The number of hydrogen-bond donors (Lipinski definition) is 2. The molecule has 0 saturated carbocycles. The number of aliphatic hydroxyl groups is 1. The van der Waals surface area contributed by atoms with Gasteiger partial charge < -0.3 is 15.6 Å². The van der Waals surface area contributed by atoms with Crippen LogP contribution in [0.3, 0.4) is 0 Å². The minimum atomic E-state index is -0.783. The zero-order chi connectivity index (χ0) is 11.9. The number of fused-ring (bicyclic) bond motifs is 1. The third kappa shape index (κ3) is 1.39. The quantitative estimate of drug-likeness (QED) is 0.800. The van der Waals surface area contributed by atoms with Gasteiger partial charge in [-0.15, -0.1) is 0 Å². The lowest BCUT2D eigenvalue weighted by Crippen LogP contribution is -2.55. The van der Waals surface area contributed by atoms with Crippen LogP contribution in [0.25, 0.3) is 0 Å². The van der Waals surface area contributed by atoms with Gasteiger partial charge in [-0.25, -0.2) is 0 Å². The van der Waals surface area contributed by atoms with Crippen LogP contribution in [-0.4, -0.2) is 30.5 Å². The van der Waals surface area contributed by atoms with Crippen LogP contribution in [0.4, 0.5) is 0 Å². The lowest BCUT2D eigenvalue weighted by Gasteiger charge is -2.42. The van der Waals surface area contributed by atoms with E-state index in [0.29, 0.717) is 26.2 Å². The van der Waals surface area contributed by atoms with E-state index in [-0.39, 0.29) is 5.41 Å². The summed E-state index contributed by atoms with van der Waals surface area (Å²) in [4.78, 5) is 0. The van der Waals surface area contributed by atoms with E-state index in [9.17, 15) is 5.11 Å². The molecular weight excluding hydrogens is 214 g/mol. The summed E-state index contributed by atoms with van der Waals surface area (Å²) in [6.45, 7) is 1.54. The molecule has 2 atom stereocenters. The molecule has 1 heterocycles. The molecular formula is C14H19NO2. The Kier molecular flexibility index (Phi) is 2.51. The second kappa shape index (κ2) is 3.80. The van der Waals surface area contributed by atoms with Gasteiger partial charge in [-0.1, -0.05) is 24.3 Å². The van der Waals surface area contributed by atoms with Crippen LogP contribution < -0.4 is 5.73 Å². The van der Waals surface area contributed by atoms with Crippen LogP contribution >= 0.6 is 0 Å². The Balaban J connectivity index is 2.10. The zero-order valence-electron chi connectivity index (χ0n) is 9.98. The van der Waals surface area contributed by atoms with E-state index in [4.69, 9.17) is 10.5 Å². The molecule has 3 nitrogen and oxygen atoms in total. The van der Waals surface area contributed by atoms with Crippen LogP contribution in [0.1, 0.15) is 24.0 Å². The van der Waals surface area contributed by atoms with Crippen molar-refractivity contribution in [3.8, 4) is 0 Å². The van der Waals surface area contributed by atoms with Crippen molar-refractivity contribution in [1.29, 1.82) is 0 Å². The minimum Gasteiger partial charge on any atom is -0.386 e. The number of hydrogen-bond acceptors (Lipinski definition) is 3. The first-order chi connectivity index (χ1) is 8.22. The Bertz CT molecular complexity index is 426. The predicted molar refractivity (Wildman–Crippen MR) is 65.9 cm³/mol. The molecule has 92 valence electrons. The first-order valence-corrected chi connectivity index (χ1v) is 6.30. The fraction of sp³-hybridized carbons (Fsp3) is 0.571. The fourth-order valence-corrected chi connectivity index (χ4v) is 3.50. The molecule has 3 N–H and O–H groups in total. The SMILES string of the molecule is NCC1(C2(O)CCOC2)CCc2ccccc21. The van der Waals surface area contributed by atoms with E-state index in [1.807, 2.05) is 6.07 Å². The average Bonchev–Trinajstić information content (AvgIpc) is 2.95. The van der Waals surface area contributed by atoms with Gasteiger partial charge in [0.25, 0.3) is 0 Å². The maximum absolute atomic E-state index is 10.9. The van der Waals surface area contributed by atoms with Gasteiger partial charge in [-0.3, -0.25) is 0 Å². The number of ether oxygens (including phenoxy) is 1. The molecule has 0 bridgehead atoms. The van der Waals surface area contributed by atoms with Crippen LogP contribution in [0.5, 0.6) is 0 Å². The maximum Gasteiger partial charge on any atom is 0.101 e. The van der Waals surface area contributed by atoms with Gasteiger partial charge in [0, 0.05) is 25.0 Å². The summed E-state index contributed by atoms with van der Waals surface area (Å²) in [7, 11) is 0. The molecule has 1 aromatic rings. The van der Waals surface area contributed by atoms with Crippen molar-refractivity contribution in [1.82, 2.24) is 0 Å². The first kappa shape index (κ1) is 11.2. The molecule has 17 heavy (non-hydrogen) atoms. The number of benzene rings is 1. The van der Waals surface area contributed by atoms with Crippen LogP contribution in [-0.2, 0) is 16.6 Å². The van der Waals surface area contributed by atoms with Gasteiger partial charge in [-0.05, 0) is 24.0 Å². The maximum atomic E-state index is 10.9. The molecule has 2 aliphatic rings. The van der Waals surface area contributed by atoms with Gasteiger partial charge in [0.05, 0.1) is 6.61 Å². The van der Waals surface area contributed by atoms with E-state index in [1.54, 1.807) is 0 Å². The lowest BCUT2D eigenvalue weighted by molar-refractivity contribution is -0.0419. The Hall–Kier alpha value is -0.900. The van der Waals surface area contributed by atoms with E-state index < -0.39 is 5.60 Å². The van der Waals surface area contributed by atoms with E-state index >= 15 is 0 Å². The van der Waals surface area contributed by atoms with Gasteiger partial charge >= 0.3 is 0 Å². The Morgan fingerprint density at radius 1 is 1.29 bits per heavy atom. The van der Waals surface area contributed by atoms with Crippen LogP contribution in [0, 0.1) is 0 Å². The molecule has 3 heteroatoms. The second-order valence-corrected chi connectivity index (χ2v) is 5.28. The van der Waals surface area contributed by atoms with E-state index in [0.717, 1.165) is 12.8 Å². The molecule has 0 amide bonds. The van der Waals surface area contributed by atoms with Gasteiger partial charge in [0.15, 0.2) is 0 Å². The highest BCUT2D eigenvalue weighted by Crippen LogP contribution is 2.48. The van der Waals surface area contributed by atoms with Gasteiger partial charge in [0.2, 0.25) is 0 Å². The molecule has 1 saturated heterocycles. The predicted octanol–water partition coefficient (Wildman–Crippen LogP) is 0.981. The molecule has 1 aromatic carbocycles. The van der Waals surface area contributed by atoms with Crippen molar-refractivity contribution in [2.75, 3.05) is 19.8 Å². The van der Waals surface area contributed by atoms with Gasteiger partial charge in [0.1, 0.15) is 5.60 Å². The Labute approximate surface area is 102 Å². The monoisotopic (exact) mass is 233 g/mol. The molecule has 1 aliphatic heterocycles. The minimum absolute atomic E-state index is 0.305.